The first-order valence-electron chi connectivity index (χ1n) is 8.13. The zero-order valence-corrected chi connectivity index (χ0v) is 13.8. The van der Waals surface area contributed by atoms with Crippen molar-refractivity contribution in [2.45, 2.75) is 32.6 Å². The van der Waals surface area contributed by atoms with E-state index in [1.165, 1.54) is 0 Å². The average molecular weight is 319 g/mol. The van der Waals surface area contributed by atoms with E-state index in [1.54, 1.807) is 12.0 Å². The molecule has 1 aliphatic heterocycles. The number of ether oxygens (including phenoxy) is 1. The first-order chi connectivity index (χ1) is 11.0. The highest BCUT2D eigenvalue weighted by molar-refractivity contribution is 5.77. The molecule has 1 aromatic rings. The van der Waals surface area contributed by atoms with Gasteiger partial charge in [0.2, 0.25) is 5.91 Å². The smallest absolute Gasteiger partial charge is 0.306 e. The Morgan fingerprint density at radius 1 is 1.30 bits per heavy atom. The van der Waals surface area contributed by atoms with Crippen molar-refractivity contribution < 1.29 is 19.4 Å². The third kappa shape index (κ3) is 4.71. The molecule has 5 nitrogen and oxygen atoms in total. The predicted octanol–water partition coefficient (Wildman–Crippen LogP) is 2.59. The standard InChI is InChI=1S/C18H25NO4/c1-13(11-15-5-3-4-6-16(15)23-2)12-17(20)19-9-7-14(8-10-19)18(21)22/h3-6,13-14H,7-12H2,1-2H3,(H,21,22)/t13-/m1/s1. The molecule has 1 amide bonds. The Bertz CT molecular complexity index is 550. The second-order valence-corrected chi connectivity index (χ2v) is 6.32. The van der Waals surface area contributed by atoms with Gasteiger partial charge in [0.15, 0.2) is 0 Å². The Hall–Kier alpha value is -2.04. The van der Waals surface area contributed by atoms with Crippen LogP contribution in [0.2, 0.25) is 0 Å². The van der Waals surface area contributed by atoms with Gasteiger partial charge >= 0.3 is 5.97 Å². The molecule has 0 radical (unpaired) electrons. The van der Waals surface area contributed by atoms with Gasteiger partial charge in [-0.25, -0.2) is 0 Å². The summed E-state index contributed by atoms with van der Waals surface area (Å²) in [4.78, 5) is 25.1. The van der Waals surface area contributed by atoms with Crippen LogP contribution in [0.5, 0.6) is 5.75 Å². The summed E-state index contributed by atoms with van der Waals surface area (Å²) in [5, 5.41) is 9.01. The normalized spacial score (nSPS) is 16.9. The van der Waals surface area contributed by atoms with Crippen LogP contribution in [0.25, 0.3) is 0 Å². The molecule has 126 valence electrons. The maximum Gasteiger partial charge on any atom is 0.306 e. The largest absolute Gasteiger partial charge is 0.496 e. The van der Waals surface area contributed by atoms with E-state index < -0.39 is 5.97 Å². The third-order valence-electron chi connectivity index (χ3n) is 4.48. The number of carboxylic acids is 1. The molecule has 23 heavy (non-hydrogen) atoms. The van der Waals surface area contributed by atoms with Crippen LogP contribution in [-0.2, 0) is 16.0 Å². The summed E-state index contributed by atoms with van der Waals surface area (Å²) in [7, 11) is 1.65. The number of methoxy groups -OCH3 is 1. The van der Waals surface area contributed by atoms with E-state index in [1.807, 2.05) is 24.3 Å². The molecule has 0 saturated carbocycles. The quantitative estimate of drug-likeness (QED) is 0.875. The lowest BCUT2D eigenvalue weighted by molar-refractivity contribution is -0.145. The van der Waals surface area contributed by atoms with Crippen LogP contribution in [0.3, 0.4) is 0 Å². The van der Waals surface area contributed by atoms with Crippen LogP contribution in [-0.4, -0.2) is 42.1 Å². The zero-order valence-electron chi connectivity index (χ0n) is 13.8. The number of para-hydroxylation sites is 1. The van der Waals surface area contributed by atoms with Gasteiger partial charge < -0.3 is 14.7 Å². The minimum atomic E-state index is -0.748. The van der Waals surface area contributed by atoms with E-state index in [4.69, 9.17) is 9.84 Å². The molecule has 1 fully saturated rings. The lowest BCUT2D eigenvalue weighted by Gasteiger charge is -2.31. The minimum Gasteiger partial charge on any atom is -0.496 e. The van der Waals surface area contributed by atoms with Crippen LogP contribution in [0.1, 0.15) is 31.7 Å². The monoisotopic (exact) mass is 319 g/mol. The molecule has 0 bridgehead atoms. The van der Waals surface area contributed by atoms with Crippen LogP contribution >= 0.6 is 0 Å². The number of carboxylic acid groups (broad SMARTS) is 1. The number of rotatable bonds is 6. The number of hydrogen-bond acceptors (Lipinski definition) is 3. The fourth-order valence-electron chi connectivity index (χ4n) is 3.12. The molecule has 0 aliphatic carbocycles. The molecule has 1 aromatic carbocycles. The molecular weight excluding hydrogens is 294 g/mol. The summed E-state index contributed by atoms with van der Waals surface area (Å²) >= 11 is 0. The number of aliphatic carboxylic acids is 1. The van der Waals surface area contributed by atoms with Gasteiger partial charge in [-0.2, -0.15) is 0 Å². The van der Waals surface area contributed by atoms with E-state index in [0.717, 1.165) is 17.7 Å². The van der Waals surface area contributed by atoms with E-state index in [2.05, 4.69) is 6.92 Å². The Labute approximate surface area is 137 Å². The molecule has 1 N–H and O–H groups in total. The van der Waals surface area contributed by atoms with Gasteiger partial charge in [-0.15, -0.1) is 0 Å². The van der Waals surface area contributed by atoms with Gasteiger partial charge in [-0.1, -0.05) is 25.1 Å². The molecule has 1 saturated heterocycles. The molecule has 5 heteroatoms. The van der Waals surface area contributed by atoms with Gasteiger partial charge in [-0.05, 0) is 36.8 Å². The summed E-state index contributed by atoms with van der Waals surface area (Å²) in [5.41, 5.74) is 1.11. The van der Waals surface area contributed by atoms with Gasteiger partial charge in [0.1, 0.15) is 5.75 Å². The van der Waals surface area contributed by atoms with E-state index in [0.29, 0.717) is 32.4 Å². The van der Waals surface area contributed by atoms with Crippen molar-refractivity contribution >= 4 is 11.9 Å². The highest BCUT2D eigenvalue weighted by Gasteiger charge is 2.27. The van der Waals surface area contributed by atoms with Crippen molar-refractivity contribution in [1.29, 1.82) is 0 Å². The maximum absolute atomic E-state index is 12.4. The lowest BCUT2D eigenvalue weighted by atomic mass is 9.94. The number of piperidine rings is 1. The van der Waals surface area contributed by atoms with Crippen molar-refractivity contribution in [3.63, 3.8) is 0 Å². The van der Waals surface area contributed by atoms with Crippen LogP contribution in [0.4, 0.5) is 0 Å². The van der Waals surface area contributed by atoms with Crippen molar-refractivity contribution in [3.8, 4) is 5.75 Å². The molecule has 0 aromatic heterocycles. The minimum absolute atomic E-state index is 0.122. The van der Waals surface area contributed by atoms with Crippen molar-refractivity contribution in [2.24, 2.45) is 11.8 Å². The second-order valence-electron chi connectivity index (χ2n) is 6.32. The van der Waals surface area contributed by atoms with Gasteiger partial charge in [0.25, 0.3) is 0 Å². The summed E-state index contributed by atoms with van der Waals surface area (Å²) in [6.07, 6.45) is 2.39. The zero-order chi connectivity index (χ0) is 16.8. The first kappa shape index (κ1) is 17.3. The van der Waals surface area contributed by atoms with E-state index in [9.17, 15) is 9.59 Å². The molecule has 0 unspecified atom stereocenters. The highest BCUT2D eigenvalue weighted by atomic mass is 16.5. The highest BCUT2D eigenvalue weighted by Crippen LogP contribution is 2.24. The Kier molecular flexibility index (Phi) is 6.02. The maximum atomic E-state index is 12.4. The number of nitrogens with zero attached hydrogens (tertiary/aromatic N) is 1. The Morgan fingerprint density at radius 2 is 1.96 bits per heavy atom. The summed E-state index contributed by atoms with van der Waals surface area (Å²) in [6.45, 7) is 3.17. The molecule has 1 aliphatic rings. The topological polar surface area (TPSA) is 66.8 Å². The van der Waals surface area contributed by atoms with Crippen molar-refractivity contribution in [3.05, 3.63) is 29.8 Å². The predicted molar refractivity (Wildman–Crippen MR) is 87.4 cm³/mol. The van der Waals surface area contributed by atoms with Crippen LogP contribution in [0, 0.1) is 11.8 Å². The molecule has 1 heterocycles. The summed E-state index contributed by atoms with van der Waals surface area (Å²) in [6, 6.07) is 7.87. The Balaban J connectivity index is 1.84. The van der Waals surface area contributed by atoms with Gasteiger partial charge in [-0.3, -0.25) is 9.59 Å². The fourth-order valence-corrected chi connectivity index (χ4v) is 3.12. The van der Waals surface area contributed by atoms with Crippen LogP contribution in [0.15, 0.2) is 24.3 Å². The number of likely N-dealkylation sites (tertiary alicyclic amines) is 1. The molecular formula is C18H25NO4. The number of carbonyl (C=O) groups excluding carboxylic acids is 1. The third-order valence-corrected chi connectivity index (χ3v) is 4.48. The number of hydrogen-bond donors (Lipinski definition) is 1. The van der Waals surface area contributed by atoms with Crippen LogP contribution < -0.4 is 4.74 Å². The van der Waals surface area contributed by atoms with Crippen molar-refractivity contribution in [1.82, 2.24) is 4.90 Å². The van der Waals surface area contributed by atoms with Gasteiger partial charge in [0.05, 0.1) is 13.0 Å². The molecule has 1 atom stereocenters. The summed E-state index contributed by atoms with van der Waals surface area (Å²) < 4.78 is 5.35. The molecule has 0 spiro atoms. The van der Waals surface area contributed by atoms with Crippen molar-refractivity contribution in [2.75, 3.05) is 20.2 Å². The number of carbonyl (C=O) groups is 2. The summed E-state index contributed by atoms with van der Waals surface area (Å²) in [5.74, 6) is 0.146. The Morgan fingerprint density at radius 3 is 2.57 bits per heavy atom. The number of benzene rings is 1. The van der Waals surface area contributed by atoms with Gasteiger partial charge in [0, 0.05) is 19.5 Å². The SMILES string of the molecule is COc1ccccc1C[C@@H](C)CC(=O)N1CCC(C(=O)O)CC1. The average Bonchev–Trinajstić information content (AvgIpc) is 2.55. The fraction of sp³-hybridized carbons (Fsp3) is 0.556. The first-order valence-corrected chi connectivity index (χ1v) is 8.13. The lowest BCUT2D eigenvalue weighted by Crippen LogP contribution is -2.40. The second kappa shape index (κ2) is 7.99. The van der Waals surface area contributed by atoms with E-state index in [-0.39, 0.29) is 17.7 Å². The molecule has 2 rings (SSSR count). The van der Waals surface area contributed by atoms with E-state index >= 15 is 0 Å². The number of amides is 1.